The fourth-order valence-electron chi connectivity index (χ4n) is 5.29. The Morgan fingerprint density at radius 3 is 2.91 bits per heavy atom. The molecule has 32 heavy (non-hydrogen) atoms. The Morgan fingerprint density at radius 2 is 2.09 bits per heavy atom. The summed E-state index contributed by atoms with van der Waals surface area (Å²) in [6.45, 7) is 4.79. The minimum atomic E-state index is -0.265. The Morgan fingerprint density at radius 1 is 1.19 bits per heavy atom. The van der Waals surface area contributed by atoms with Crippen LogP contribution in [0.4, 0.5) is 15.9 Å². The van der Waals surface area contributed by atoms with Gasteiger partial charge in [0.25, 0.3) is 0 Å². The number of halogens is 1. The number of rotatable bonds is 4. The van der Waals surface area contributed by atoms with Crippen molar-refractivity contribution in [1.29, 1.82) is 0 Å². The minimum absolute atomic E-state index is 0.265. The van der Waals surface area contributed by atoms with Crippen LogP contribution in [0.2, 0.25) is 0 Å². The lowest BCUT2D eigenvalue weighted by Crippen LogP contribution is -2.41. The SMILES string of the molecule is CNc1cc(F)cc2c1Cc1nc(Oc3cncc(C)c3)nc(N3CC4CNC(C4)C3)c1-2. The van der Waals surface area contributed by atoms with Crippen molar-refractivity contribution < 1.29 is 9.13 Å². The molecule has 2 fully saturated rings. The van der Waals surface area contributed by atoms with E-state index in [9.17, 15) is 4.39 Å². The van der Waals surface area contributed by atoms with Gasteiger partial charge in [-0.25, -0.2) is 4.39 Å². The highest BCUT2D eigenvalue weighted by atomic mass is 19.1. The van der Waals surface area contributed by atoms with Crippen molar-refractivity contribution >= 4 is 11.5 Å². The van der Waals surface area contributed by atoms with Crippen LogP contribution in [0.5, 0.6) is 11.8 Å². The standard InChI is InChI=1S/C24H25FN6O/c1-13-3-17(10-27-8-13)32-24-29-21-7-18-19(5-15(25)6-20(18)26-2)22(21)23(30-24)31-11-14-4-16(12-31)28-9-14/h3,5-6,8,10,14,16,26,28H,4,7,9,11-12H2,1-2H3. The Kier molecular flexibility index (Phi) is 4.50. The van der Waals surface area contributed by atoms with E-state index in [-0.39, 0.29) is 5.82 Å². The zero-order chi connectivity index (χ0) is 21.8. The molecule has 3 aliphatic rings. The number of hydrogen-bond acceptors (Lipinski definition) is 7. The first kappa shape index (κ1) is 19.4. The van der Waals surface area contributed by atoms with Gasteiger partial charge in [0.05, 0.1) is 11.9 Å². The fraction of sp³-hybridized carbons (Fsp3) is 0.375. The molecule has 0 radical (unpaired) electrons. The largest absolute Gasteiger partial charge is 0.423 e. The smallest absolute Gasteiger partial charge is 0.324 e. The summed E-state index contributed by atoms with van der Waals surface area (Å²) in [7, 11) is 1.82. The summed E-state index contributed by atoms with van der Waals surface area (Å²) in [5.74, 6) is 1.76. The van der Waals surface area contributed by atoms with Gasteiger partial charge in [-0.05, 0) is 54.2 Å². The van der Waals surface area contributed by atoms with Crippen molar-refractivity contribution in [1.82, 2.24) is 20.3 Å². The number of nitrogens with one attached hydrogen (secondary N) is 2. The Labute approximate surface area is 186 Å². The highest BCUT2D eigenvalue weighted by molar-refractivity contribution is 5.88. The van der Waals surface area contributed by atoms with Crippen LogP contribution in [-0.2, 0) is 6.42 Å². The molecule has 2 saturated heterocycles. The Hall–Kier alpha value is -3.26. The number of ether oxygens (including phenoxy) is 1. The topological polar surface area (TPSA) is 75.2 Å². The number of anilines is 2. The zero-order valence-electron chi connectivity index (χ0n) is 18.2. The van der Waals surface area contributed by atoms with Crippen molar-refractivity contribution in [3.8, 4) is 22.9 Å². The highest BCUT2D eigenvalue weighted by Gasteiger charge is 2.37. The number of nitrogens with zero attached hydrogens (tertiary/aromatic N) is 4. The van der Waals surface area contributed by atoms with E-state index in [1.807, 2.05) is 20.0 Å². The van der Waals surface area contributed by atoms with Crippen LogP contribution < -0.4 is 20.3 Å². The second-order valence-corrected chi connectivity index (χ2v) is 8.97. The number of aromatic nitrogens is 3. The normalized spacial score (nSPS) is 20.8. The lowest BCUT2D eigenvalue weighted by atomic mass is 9.98. The summed E-state index contributed by atoms with van der Waals surface area (Å²) in [6, 6.07) is 5.81. The maximum atomic E-state index is 14.5. The third-order valence-electron chi connectivity index (χ3n) is 6.63. The molecule has 2 unspecified atom stereocenters. The molecule has 7 nitrogen and oxygen atoms in total. The van der Waals surface area contributed by atoms with Crippen LogP contribution in [-0.4, -0.2) is 47.7 Å². The molecule has 6 rings (SSSR count). The predicted molar refractivity (Wildman–Crippen MR) is 121 cm³/mol. The van der Waals surface area contributed by atoms with Crippen LogP contribution in [0.15, 0.2) is 30.6 Å². The first-order valence-electron chi connectivity index (χ1n) is 11.1. The molecule has 0 amide bonds. The van der Waals surface area contributed by atoms with Crippen molar-refractivity contribution in [2.24, 2.45) is 5.92 Å². The second-order valence-electron chi connectivity index (χ2n) is 8.97. The molecular weight excluding hydrogens is 407 g/mol. The van der Waals surface area contributed by atoms with Crippen molar-refractivity contribution in [3.05, 3.63) is 53.2 Å². The average Bonchev–Trinajstić information content (AvgIpc) is 3.31. The van der Waals surface area contributed by atoms with E-state index in [0.29, 0.717) is 30.1 Å². The summed E-state index contributed by atoms with van der Waals surface area (Å²) in [6.07, 6.45) is 5.25. The Balaban J connectivity index is 1.48. The zero-order valence-corrected chi connectivity index (χ0v) is 18.2. The van der Waals surface area contributed by atoms with Gasteiger partial charge >= 0.3 is 6.01 Å². The summed E-state index contributed by atoms with van der Waals surface area (Å²) >= 11 is 0. The molecular formula is C24H25FN6O. The van der Waals surface area contributed by atoms with E-state index < -0.39 is 0 Å². The van der Waals surface area contributed by atoms with Gasteiger partial charge in [-0.2, -0.15) is 9.97 Å². The molecule has 2 aliphatic heterocycles. The van der Waals surface area contributed by atoms with Crippen molar-refractivity contribution in [2.45, 2.75) is 25.8 Å². The molecule has 1 aromatic carbocycles. The fourth-order valence-corrected chi connectivity index (χ4v) is 5.29. The molecule has 164 valence electrons. The van der Waals surface area contributed by atoms with Crippen molar-refractivity contribution in [2.75, 3.05) is 36.9 Å². The maximum absolute atomic E-state index is 14.5. The van der Waals surface area contributed by atoms with Gasteiger partial charge in [0.15, 0.2) is 0 Å². The van der Waals surface area contributed by atoms with E-state index in [2.05, 4.69) is 20.5 Å². The molecule has 2 N–H and O–H groups in total. The van der Waals surface area contributed by atoms with E-state index in [1.54, 1.807) is 24.5 Å². The maximum Gasteiger partial charge on any atom is 0.324 e. The van der Waals surface area contributed by atoms with Gasteiger partial charge in [-0.3, -0.25) is 4.98 Å². The summed E-state index contributed by atoms with van der Waals surface area (Å²) < 4.78 is 20.5. The first-order chi connectivity index (χ1) is 15.6. The van der Waals surface area contributed by atoms with Gasteiger partial charge in [-0.1, -0.05) is 0 Å². The summed E-state index contributed by atoms with van der Waals surface area (Å²) in [5, 5.41) is 6.73. The van der Waals surface area contributed by atoms with Crippen LogP contribution in [0.1, 0.15) is 23.2 Å². The molecule has 2 aromatic heterocycles. The quantitative estimate of drug-likeness (QED) is 0.511. The van der Waals surface area contributed by atoms with Gasteiger partial charge in [-0.15, -0.1) is 0 Å². The number of benzene rings is 1. The van der Waals surface area contributed by atoms with Gasteiger partial charge < -0.3 is 20.3 Å². The second kappa shape index (κ2) is 7.41. The lowest BCUT2D eigenvalue weighted by Gasteiger charge is -2.33. The van der Waals surface area contributed by atoms with Gasteiger partial charge in [0, 0.05) is 56.6 Å². The number of fused-ring (bicyclic) bond motifs is 5. The average molecular weight is 433 g/mol. The molecule has 3 aromatic rings. The van der Waals surface area contributed by atoms with Crippen LogP contribution in [0, 0.1) is 18.7 Å². The third-order valence-corrected chi connectivity index (χ3v) is 6.63. The number of pyridine rings is 1. The highest BCUT2D eigenvalue weighted by Crippen LogP contribution is 2.46. The molecule has 8 heteroatoms. The van der Waals surface area contributed by atoms with Crippen LogP contribution in [0.25, 0.3) is 11.1 Å². The Bertz CT molecular complexity index is 1200. The molecule has 0 saturated carbocycles. The van der Waals surface area contributed by atoms with Crippen molar-refractivity contribution in [3.63, 3.8) is 0 Å². The van der Waals surface area contributed by atoms with Gasteiger partial charge in [0.1, 0.15) is 17.4 Å². The first-order valence-corrected chi connectivity index (χ1v) is 11.1. The number of piperidine rings is 1. The molecule has 2 atom stereocenters. The van der Waals surface area contributed by atoms with E-state index in [4.69, 9.17) is 14.7 Å². The van der Waals surface area contributed by atoms with E-state index in [0.717, 1.165) is 59.1 Å². The minimum Gasteiger partial charge on any atom is -0.423 e. The summed E-state index contributed by atoms with van der Waals surface area (Å²) in [4.78, 5) is 16.1. The monoisotopic (exact) mass is 432 g/mol. The summed E-state index contributed by atoms with van der Waals surface area (Å²) in [5.41, 5.74) is 5.50. The van der Waals surface area contributed by atoms with E-state index >= 15 is 0 Å². The number of aryl methyl sites for hydroxylation is 1. The van der Waals surface area contributed by atoms with Crippen LogP contribution in [0.3, 0.4) is 0 Å². The van der Waals surface area contributed by atoms with Crippen LogP contribution >= 0.6 is 0 Å². The third kappa shape index (κ3) is 3.26. The molecule has 2 bridgehead atoms. The molecule has 1 aliphatic carbocycles. The lowest BCUT2D eigenvalue weighted by molar-refractivity contribution is 0.433. The molecule has 4 heterocycles. The van der Waals surface area contributed by atoms with E-state index in [1.165, 1.54) is 6.42 Å². The predicted octanol–water partition coefficient (Wildman–Crippen LogP) is 3.52. The van der Waals surface area contributed by atoms with Gasteiger partial charge in [0.2, 0.25) is 0 Å². The number of hydrogen-bond donors (Lipinski definition) is 2. The molecule has 0 spiro atoms.